The minimum atomic E-state index is 0.627. The summed E-state index contributed by atoms with van der Waals surface area (Å²) in [4.78, 5) is 7.75. The first-order valence-electron chi connectivity index (χ1n) is 10.1. The fourth-order valence-corrected chi connectivity index (χ4v) is 5.06. The molecular formula is C22H20N6O2S2. The molecule has 0 unspecified atom stereocenters. The molecule has 4 aromatic rings. The van der Waals surface area contributed by atoms with E-state index in [4.69, 9.17) is 9.47 Å². The first-order valence-corrected chi connectivity index (χ1v) is 11.7. The van der Waals surface area contributed by atoms with Gasteiger partial charge < -0.3 is 14.4 Å². The van der Waals surface area contributed by atoms with Crippen molar-refractivity contribution in [1.29, 1.82) is 0 Å². The normalized spacial score (nSPS) is 14.7. The van der Waals surface area contributed by atoms with Crippen molar-refractivity contribution in [3.8, 4) is 5.75 Å². The lowest BCUT2D eigenvalue weighted by Gasteiger charge is -2.28. The van der Waals surface area contributed by atoms with E-state index in [9.17, 15) is 0 Å². The van der Waals surface area contributed by atoms with Crippen molar-refractivity contribution in [3.63, 3.8) is 0 Å². The summed E-state index contributed by atoms with van der Waals surface area (Å²) < 4.78 is 11.6. The van der Waals surface area contributed by atoms with Gasteiger partial charge in [0.05, 0.1) is 36.4 Å². The first kappa shape index (κ1) is 20.7. The maximum atomic E-state index is 5.40. The van der Waals surface area contributed by atoms with Crippen molar-refractivity contribution < 1.29 is 9.47 Å². The van der Waals surface area contributed by atoms with E-state index in [1.54, 1.807) is 7.11 Å². The summed E-state index contributed by atoms with van der Waals surface area (Å²) in [7, 11) is 1.64. The van der Waals surface area contributed by atoms with Crippen molar-refractivity contribution in [3.05, 3.63) is 54.6 Å². The molecular weight excluding hydrogens is 444 g/mol. The van der Waals surface area contributed by atoms with Gasteiger partial charge in [0.25, 0.3) is 0 Å². The summed E-state index contributed by atoms with van der Waals surface area (Å²) in [6, 6.07) is 17.5. The van der Waals surface area contributed by atoms with Gasteiger partial charge in [-0.15, -0.1) is 20.5 Å². The van der Waals surface area contributed by atoms with Gasteiger partial charge in [0.15, 0.2) is 0 Å². The maximum Gasteiger partial charge on any atom is 0.231 e. The zero-order chi connectivity index (χ0) is 21.8. The second-order valence-corrected chi connectivity index (χ2v) is 8.98. The Labute approximate surface area is 192 Å². The van der Waals surface area contributed by atoms with Crippen LogP contribution in [0.25, 0.3) is 9.53 Å². The van der Waals surface area contributed by atoms with Gasteiger partial charge in [0.2, 0.25) is 5.13 Å². The third-order valence-electron chi connectivity index (χ3n) is 4.88. The van der Waals surface area contributed by atoms with E-state index in [-0.39, 0.29) is 0 Å². The van der Waals surface area contributed by atoms with Crippen LogP contribution in [0.5, 0.6) is 5.75 Å². The summed E-state index contributed by atoms with van der Waals surface area (Å²) in [6.07, 6.45) is 0. The summed E-state index contributed by atoms with van der Waals surface area (Å²) >= 11 is 2.97. The number of methoxy groups -OCH3 is 1. The van der Waals surface area contributed by atoms with E-state index in [1.807, 2.05) is 42.5 Å². The Kier molecular flexibility index (Phi) is 6.15. The quantitative estimate of drug-likeness (QED) is 0.287. The molecule has 1 fully saturated rings. The molecule has 10 heteroatoms. The number of benzene rings is 2. The number of thiophene rings is 1. The highest BCUT2D eigenvalue weighted by Gasteiger charge is 2.11. The third-order valence-corrected chi connectivity index (χ3v) is 6.81. The van der Waals surface area contributed by atoms with Crippen molar-refractivity contribution in [2.75, 3.05) is 38.3 Å². The van der Waals surface area contributed by atoms with E-state index in [0.717, 1.165) is 58.0 Å². The Hall–Kier alpha value is -3.21. The number of nitrogens with zero attached hydrogens (tertiary/aromatic N) is 6. The highest BCUT2D eigenvalue weighted by molar-refractivity contribution is 7.30. The lowest BCUT2D eigenvalue weighted by molar-refractivity contribution is 0.122. The molecule has 1 saturated heterocycles. The number of azo groups is 2. The maximum absolute atomic E-state index is 5.40. The van der Waals surface area contributed by atoms with Gasteiger partial charge in [-0.05, 0) is 54.6 Å². The van der Waals surface area contributed by atoms with Crippen LogP contribution in [0.15, 0.2) is 75.1 Å². The standard InChI is InChI=1S/C22H20N6O2S2/c1-29-18-8-4-16(5-9-18)24-26-20-14-19-21(32-20)23-22(31-19)27-25-15-2-6-17(7-3-15)28-10-12-30-13-11-28/h2-9,14H,10-13H2,1H3. The minimum absolute atomic E-state index is 0.627. The van der Waals surface area contributed by atoms with E-state index in [0.29, 0.717) is 5.13 Å². The van der Waals surface area contributed by atoms with Crippen LogP contribution in [0, 0.1) is 0 Å². The van der Waals surface area contributed by atoms with Gasteiger partial charge in [-0.25, -0.2) is 4.98 Å². The summed E-state index contributed by atoms with van der Waals surface area (Å²) in [6.45, 7) is 3.37. The molecule has 0 aliphatic carbocycles. The van der Waals surface area contributed by atoms with Gasteiger partial charge in [0, 0.05) is 18.8 Å². The molecule has 5 rings (SSSR count). The van der Waals surface area contributed by atoms with Crippen LogP contribution in [-0.4, -0.2) is 38.4 Å². The van der Waals surface area contributed by atoms with E-state index in [2.05, 4.69) is 42.5 Å². The molecule has 1 aliphatic rings. The lowest BCUT2D eigenvalue weighted by Crippen LogP contribution is -2.36. The number of thiazole rings is 1. The first-order chi connectivity index (χ1) is 15.8. The topological polar surface area (TPSA) is 84.0 Å². The molecule has 0 bridgehead atoms. The minimum Gasteiger partial charge on any atom is -0.497 e. The number of morpholine rings is 1. The lowest BCUT2D eigenvalue weighted by atomic mass is 10.2. The molecule has 162 valence electrons. The van der Waals surface area contributed by atoms with Gasteiger partial charge in [-0.2, -0.15) is 0 Å². The number of hydrogen-bond donors (Lipinski definition) is 0. The summed E-state index contributed by atoms with van der Waals surface area (Å²) in [5.74, 6) is 0.791. The number of aromatic nitrogens is 1. The highest BCUT2D eigenvalue weighted by Crippen LogP contribution is 2.39. The van der Waals surface area contributed by atoms with Gasteiger partial charge >= 0.3 is 0 Å². The molecule has 0 radical (unpaired) electrons. The predicted octanol–water partition coefficient (Wildman–Crippen LogP) is 7.03. The van der Waals surface area contributed by atoms with Crippen LogP contribution in [-0.2, 0) is 4.74 Å². The molecule has 32 heavy (non-hydrogen) atoms. The molecule has 3 heterocycles. The molecule has 0 spiro atoms. The number of ether oxygens (including phenoxy) is 2. The number of rotatable bonds is 6. The monoisotopic (exact) mass is 464 g/mol. The Bertz CT molecular complexity index is 1210. The SMILES string of the molecule is COc1ccc(N=Nc2cc3sc(N=Nc4ccc(N5CCOCC5)cc4)nc3s2)cc1. The van der Waals surface area contributed by atoms with Crippen molar-refractivity contribution in [2.24, 2.45) is 20.5 Å². The Balaban J connectivity index is 1.24. The number of hydrogen-bond acceptors (Lipinski definition) is 10. The fourth-order valence-electron chi connectivity index (χ4n) is 3.21. The van der Waals surface area contributed by atoms with Crippen LogP contribution < -0.4 is 9.64 Å². The van der Waals surface area contributed by atoms with E-state index >= 15 is 0 Å². The zero-order valence-electron chi connectivity index (χ0n) is 17.3. The average Bonchev–Trinajstić information content (AvgIpc) is 3.41. The molecule has 0 N–H and O–H groups in total. The molecule has 2 aromatic carbocycles. The van der Waals surface area contributed by atoms with Crippen LogP contribution in [0.2, 0.25) is 0 Å². The van der Waals surface area contributed by atoms with Crippen molar-refractivity contribution in [2.45, 2.75) is 0 Å². The van der Waals surface area contributed by atoms with Gasteiger partial charge in [-0.1, -0.05) is 22.7 Å². The number of fused-ring (bicyclic) bond motifs is 1. The second kappa shape index (κ2) is 9.51. The van der Waals surface area contributed by atoms with Crippen LogP contribution >= 0.6 is 22.7 Å². The summed E-state index contributed by atoms with van der Waals surface area (Å²) in [5.41, 5.74) is 2.75. The van der Waals surface area contributed by atoms with Crippen molar-refractivity contribution in [1.82, 2.24) is 4.98 Å². The molecule has 0 atom stereocenters. The van der Waals surface area contributed by atoms with Crippen LogP contribution in [0.4, 0.5) is 27.2 Å². The molecule has 8 nitrogen and oxygen atoms in total. The molecule has 0 amide bonds. The molecule has 0 saturated carbocycles. The second-order valence-electron chi connectivity index (χ2n) is 6.96. The average molecular weight is 465 g/mol. The Morgan fingerprint density at radius 3 is 2.25 bits per heavy atom. The van der Waals surface area contributed by atoms with Crippen molar-refractivity contribution >= 4 is 59.4 Å². The fraction of sp³-hybridized carbons (Fsp3) is 0.227. The molecule has 1 aliphatic heterocycles. The zero-order valence-corrected chi connectivity index (χ0v) is 19.0. The Morgan fingerprint density at radius 2 is 1.56 bits per heavy atom. The largest absolute Gasteiger partial charge is 0.497 e. The third kappa shape index (κ3) is 4.82. The predicted molar refractivity (Wildman–Crippen MR) is 128 cm³/mol. The smallest absolute Gasteiger partial charge is 0.231 e. The van der Waals surface area contributed by atoms with E-state index in [1.165, 1.54) is 28.4 Å². The summed E-state index contributed by atoms with van der Waals surface area (Å²) in [5, 5.41) is 18.7. The van der Waals surface area contributed by atoms with Gasteiger partial charge in [0.1, 0.15) is 15.6 Å². The Morgan fingerprint density at radius 1 is 0.875 bits per heavy atom. The van der Waals surface area contributed by atoms with E-state index < -0.39 is 0 Å². The number of anilines is 1. The van der Waals surface area contributed by atoms with Gasteiger partial charge in [-0.3, -0.25) is 0 Å². The van der Waals surface area contributed by atoms with Crippen LogP contribution in [0.3, 0.4) is 0 Å². The van der Waals surface area contributed by atoms with Crippen LogP contribution in [0.1, 0.15) is 0 Å². The highest BCUT2D eigenvalue weighted by atomic mass is 32.1. The molecule has 2 aromatic heterocycles.